The Labute approximate surface area is 148 Å². The molecule has 1 amide bonds. The molecule has 1 fully saturated rings. The minimum atomic E-state index is -3.10. The summed E-state index contributed by atoms with van der Waals surface area (Å²) in [7, 11) is -3.10. The molecule has 1 aliphatic rings. The van der Waals surface area contributed by atoms with Crippen molar-refractivity contribution in [2.75, 3.05) is 30.4 Å². The molecule has 0 spiro atoms. The predicted molar refractivity (Wildman–Crippen MR) is 94.7 cm³/mol. The lowest BCUT2D eigenvalue weighted by atomic mass is 10.1. The van der Waals surface area contributed by atoms with Gasteiger partial charge < -0.3 is 15.4 Å². The lowest BCUT2D eigenvalue weighted by Crippen LogP contribution is -2.45. The summed E-state index contributed by atoms with van der Waals surface area (Å²) in [6, 6.07) is 5.85. The molecular formula is C17H24N2O5S. The first-order valence-corrected chi connectivity index (χ1v) is 10.0. The van der Waals surface area contributed by atoms with E-state index in [1.807, 2.05) is 13.8 Å². The highest BCUT2D eigenvalue weighted by Gasteiger charge is 2.35. The van der Waals surface area contributed by atoms with E-state index in [2.05, 4.69) is 0 Å². The predicted octanol–water partition coefficient (Wildman–Crippen LogP) is 1.10. The quantitative estimate of drug-likeness (QED) is 0.595. The highest BCUT2D eigenvalue weighted by molar-refractivity contribution is 7.91. The molecule has 138 valence electrons. The summed E-state index contributed by atoms with van der Waals surface area (Å²) >= 11 is 0. The maximum absolute atomic E-state index is 12.5. The fourth-order valence-corrected chi connectivity index (χ4v) is 4.51. The molecule has 0 radical (unpaired) electrons. The average molecular weight is 368 g/mol. The lowest BCUT2D eigenvalue weighted by molar-refractivity contribution is -0.137. The maximum atomic E-state index is 12.5. The second kappa shape index (κ2) is 7.86. The molecule has 1 aromatic carbocycles. The minimum Gasteiger partial charge on any atom is -0.452 e. The van der Waals surface area contributed by atoms with Crippen molar-refractivity contribution in [2.24, 2.45) is 5.92 Å². The maximum Gasteiger partial charge on any atom is 0.338 e. The van der Waals surface area contributed by atoms with E-state index >= 15 is 0 Å². The van der Waals surface area contributed by atoms with Crippen molar-refractivity contribution in [3.05, 3.63) is 29.8 Å². The normalized spacial score (nSPS) is 18.9. The van der Waals surface area contributed by atoms with Crippen LogP contribution in [0.5, 0.6) is 0 Å². The number of nitrogens with two attached hydrogens (primary N) is 1. The summed E-state index contributed by atoms with van der Waals surface area (Å²) in [5.74, 6) is -0.751. The van der Waals surface area contributed by atoms with Gasteiger partial charge in [-0.25, -0.2) is 13.2 Å². The number of sulfone groups is 1. The molecule has 2 rings (SSSR count). The van der Waals surface area contributed by atoms with Gasteiger partial charge in [-0.3, -0.25) is 4.79 Å². The van der Waals surface area contributed by atoms with E-state index < -0.39 is 22.4 Å². The number of nitrogens with zero attached hydrogens (tertiary/aromatic N) is 1. The highest BCUT2D eigenvalue weighted by atomic mass is 32.2. The van der Waals surface area contributed by atoms with Crippen LogP contribution in [0, 0.1) is 5.92 Å². The summed E-state index contributed by atoms with van der Waals surface area (Å²) in [5, 5.41) is 0. The number of esters is 1. The molecule has 1 aliphatic heterocycles. The van der Waals surface area contributed by atoms with Crippen molar-refractivity contribution < 1.29 is 22.7 Å². The van der Waals surface area contributed by atoms with Crippen LogP contribution >= 0.6 is 0 Å². The number of anilines is 1. The Morgan fingerprint density at radius 2 is 1.92 bits per heavy atom. The molecule has 25 heavy (non-hydrogen) atoms. The van der Waals surface area contributed by atoms with Gasteiger partial charge in [-0.15, -0.1) is 0 Å². The smallest absolute Gasteiger partial charge is 0.338 e. The summed E-state index contributed by atoms with van der Waals surface area (Å²) < 4.78 is 28.5. The summed E-state index contributed by atoms with van der Waals surface area (Å²) in [6.45, 7) is 3.92. The molecule has 1 saturated heterocycles. The standard InChI is InChI=1S/C17H24N2O5S/c1-12(2)9-19(15-7-8-25(22,23)11-15)16(20)10-24-17(21)13-3-5-14(18)6-4-13/h3-6,12,15H,7-11,18H2,1-2H3/t15-/m0/s1. The molecule has 0 saturated carbocycles. The van der Waals surface area contributed by atoms with Gasteiger partial charge in [-0.05, 0) is 36.6 Å². The Kier molecular flexibility index (Phi) is 6.05. The first-order valence-electron chi connectivity index (χ1n) is 8.20. The van der Waals surface area contributed by atoms with Gasteiger partial charge in [0, 0.05) is 18.3 Å². The van der Waals surface area contributed by atoms with Crippen molar-refractivity contribution in [3.63, 3.8) is 0 Å². The first-order chi connectivity index (χ1) is 11.7. The molecule has 0 aliphatic carbocycles. The van der Waals surface area contributed by atoms with Gasteiger partial charge in [0.2, 0.25) is 0 Å². The van der Waals surface area contributed by atoms with E-state index in [4.69, 9.17) is 10.5 Å². The molecule has 1 aromatic rings. The Bertz CT molecular complexity index is 728. The van der Waals surface area contributed by atoms with Crippen LogP contribution in [0.15, 0.2) is 24.3 Å². The Morgan fingerprint density at radius 1 is 1.28 bits per heavy atom. The van der Waals surface area contributed by atoms with Gasteiger partial charge in [0.25, 0.3) is 5.91 Å². The number of hydrogen-bond donors (Lipinski definition) is 1. The van der Waals surface area contributed by atoms with Crippen LogP contribution in [0.1, 0.15) is 30.6 Å². The number of rotatable bonds is 6. The second-order valence-electron chi connectivity index (χ2n) is 6.69. The Hall–Kier alpha value is -2.09. The zero-order chi connectivity index (χ0) is 18.6. The van der Waals surface area contributed by atoms with Crippen LogP contribution in [0.4, 0.5) is 5.69 Å². The Morgan fingerprint density at radius 3 is 2.44 bits per heavy atom. The summed E-state index contributed by atoms with van der Waals surface area (Å²) in [6.07, 6.45) is 0.423. The van der Waals surface area contributed by atoms with Crippen molar-refractivity contribution in [3.8, 4) is 0 Å². The summed E-state index contributed by atoms with van der Waals surface area (Å²) in [4.78, 5) is 26.0. The molecular weight excluding hydrogens is 344 g/mol. The Balaban J connectivity index is 1.99. The van der Waals surface area contributed by atoms with Gasteiger partial charge >= 0.3 is 5.97 Å². The molecule has 0 aromatic heterocycles. The number of hydrogen-bond acceptors (Lipinski definition) is 6. The molecule has 7 nitrogen and oxygen atoms in total. The third-order valence-corrected chi connectivity index (χ3v) is 5.75. The van der Waals surface area contributed by atoms with Crippen molar-refractivity contribution in [2.45, 2.75) is 26.3 Å². The summed E-state index contributed by atoms with van der Waals surface area (Å²) in [5.41, 5.74) is 6.40. The van der Waals surface area contributed by atoms with E-state index in [1.165, 1.54) is 17.0 Å². The first kappa shape index (κ1) is 19.2. The van der Waals surface area contributed by atoms with Crippen LogP contribution in [-0.4, -0.2) is 55.9 Å². The van der Waals surface area contributed by atoms with Crippen LogP contribution in [0.25, 0.3) is 0 Å². The molecule has 1 heterocycles. The molecule has 0 bridgehead atoms. The molecule has 0 unspecified atom stereocenters. The zero-order valence-electron chi connectivity index (χ0n) is 14.5. The van der Waals surface area contributed by atoms with E-state index in [1.54, 1.807) is 12.1 Å². The third-order valence-electron chi connectivity index (χ3n) is 4.00. The number of carbonyl (C=O) groups is 2. The van der Waals surface area contributed by atoms with E-state index in [0.29, 0.717) is 24.2 Å². The fourth-order valence-electron chi connectivity index (χ4n) is 2.78. The van der Waals surface area contributed by atoms with Crippen molar-refractivity contribution in [1.82, 2.24) is 4.90 Å². The van der Waals surface area contributed by atoms with Gasteiger partial charge in [0.15, 0.2) is 16.4 Å². The average Bonchev–Trinajstić information content (AvgIpc) is 2.90. The number of ether oxygens (including phenoxy) is 1. The lowest BCUT2D eigenvalue weighted by Gasteiger charge is -2.29. The van der Waals surface area contributed by atoms with Crippen molar-refractivity contribution >= 4 is 27.4 Å². The fraction of sp³-hybridized carbons (Fsp3) is 0.529. The van der Waals surface area contributed by atoms with E-state index in [9.17, 15) is 18.0 Å². The topological polar surface area (TPSA) is 107 Å². The molecule has 1 atom stereocenters. The number of amides is 1. The van der Waals surface area contributed by atoms with E-state index in [-0.39, 0.29) is 29.4 Å². The largest absolute Gasteiger partial charge is 0.452 e. The second-order valence-corrected chi connectivity index (χ2v) is 8.92. The van der Waals surface area contributed by atoms with Crippen molar-refractivity contribution in [1.29, 1.82) is 0 Å². The van der Waals surface area contributed by atoms with Crippen LogP contribution in [-0.2, 0) is 19.4 Å². The molecule has 8 heteroatoms. The zero-order valence-corrected chi connectivity index (χ0v) is 15.3. The van der Waals surface area contributed by atoms with Crippen LogP contribution < -0.4 is 5.73 Å². The molecule has 2 N–H and O–H groups in total. The minimum absolute atomic E-state index is 0.0304. The van der Waals surface area contributed by atoms with Gasteiger partial charge in [0.1, 0.15) is 0 Å². The van der Waals surface area contributed by atoms with E-state index in [0.717, 1.165) is 0 Å². The van der Waals surface area contributed by atoms with Crippen LogP contribution in [0.2, 0.25) is 0 Å². The van der Waals surface area contributed by atoms with Crippen LogP contribution in [0.3, 0.4) is 0 Å². The van der Waals surface area contributed by atoms with Gasteiger partial charge in [-0.2, -0.15) is 0 Å². The van der Waals surface area contributed by atoms with Gasteiger partial charge in [-0.1, -0.05) is 13.8 Å². The third kappa shape index (κ3) is 5.45. The monoisotopic (exact) mass is 368 g/mol. The highest BCUT2D eigenvalue weighted by Crippen LogP contribution is 2.19. The number of carbonyl (C=O) groups excluding carboxylic acids is 2. The van der Waals surface area contributed by atoms with Gasteiger partial charge in [0.05, 0.1) is 17.1 Å². The number of nitrogen functional groups attached to an aromatic ring is 1. The number of benzene rings is 1. The SMILES string of the molecule is CC(C)CN(C(=O)COC(=O)c1ccc(N)cc1)[C@H]1CCS(=O)(=O)C1.